The number of nitrogens with zero attached hydrogens (tertiary/aromatic N) is 1. The van der Waals surface area contributed by atoms with Crippen molar-refractivity contribution >= 4 is 29.1 Å². The summed E-state index contributed by atoms with van der Waals surface area (Å²) in [5, 5.41) is 15.8. The van der Waals surface area contributed by atoms with Gasteiger partial charge in [0.25, 0.3) is 11.6 Å². The Labute approximate surface area is 126 Å². The summed E-state index contributed by atoms with van der Waals surface area (Å²) >= 11 is 5.72. The SMILES string of the molecule is CCCNC(=O)CCNC(=O)c1ccc([N+](=O)[O-])c(Cl)c1. The molecule has 0 heterocycles. The molecule has 0 atom stereocenters. The zero-order valence-electron chi connectivity index (χ0n) is 11.5. The van der Waals surface area contributed by atoms with Gasteiger partial charge in [0.15, 0.2) is 0 Å². The van der Waals surface area contributed by atoms with Crippen LogP contribution in [0.4, 0.5) is 5.69 Å². The Morgan fingerprint density at radius 1 is 1.29 bits per heavy atom. The summed E-state index contributed by atoms with van der Waals surface area (Å²) in [4.78, 5) is 33.1. The zero-order chi connectivity index (χ0) is 15.8. The van der Waals surface area contributed by atoms with Gasteiger partial charge in [-0.05, 0) is 18.6 Å². The molecule has 2 amide bonds. The Balaban J connectivity index is 2.51. The number of nitrogens with one attached hydrogen (secondary N) is 2. The molecule has 0 unspecified atom stereocenters. The third-order valence-electron chi connectivity index (χ3n) is 2.62. The van der Waals surface area contributed by atoms with Gasteiger partial charge >= 0.3 is 0 Å². The van der Waals surface area contributed by atoms with Crippen molar-refractivity contribution in [3.8, 4) is 0 Å². The number of rotatable bonds is 7. The highest BCUT2D eigenvalue weighted by molar-refractivity contribution is 6.33. The molecular formula is C13H16ClN3O4. The number of benzene rings is 1. The zero-order valence-corrected chi connectivity index (χ0v) is 12.3. The highest BCUT2D eigenvalue weighted by Gasteiger charge is 2.15. The van der Waals surface area contributed by atoms with Gasteiger partial charge in [0.1, 0.15) is 5.02 Å². The molecule has 0 saturated heterocycles. The molecule has 0 aromatic heterocycles. The van der Waals surface area contributed by atoms with Crippen molar-refractivity contribution in [3.63, 3.8) is 0 Å². The lowest BCUT2D eigenvalue weighted by Gasteiger charge is -2.06. The average molecular weight is 314 g/mol. The summed E-state index contributed by atoms with van der Waals surface area (Å²) in [6.07, 6.45) is 1.02. The maximum atomic E-state index is 11.8. The van der Waals surface area contributed by atoms with E-state index in [4.69, 9.17) is 11.6 Å². The smallest absolute Gasteiger partial charge is 0.287 e. The number of amides is 2. The van der Waals surface area contributed by atoms with Crippen molar-refractivity contribution in [1.82, 2.24) is 10.6 Å². The van der Waals surface area contributed by atoms with Crippen LogP contribution in [0.5, 0.6) is 0 Å². The number of carbonyl (C=O) groups excluding carboxylic acids is 2. The van der Waals surface area contributed by atoms with Gasteiger partial charge in [-0.1, -0.05) is 18.5 Å². The molecule has 8 heteroatoms. The molecule has 2 N–H and O–H groups in total. The molecule has 0 radical (unpaired) electrons. The van der Waals surface area contributed by atoms with Crippen LogP contribution in [0.3, 0.4) is 0 Å². The summed E-state index contributed by atoms with van der Waals surface area (Å²) < 4.78 is 0. The van der Waals surface area contributed by atoms with Gasteiger partial charge in [-0.3, -0.25) is 19.7 Å². The molecule has 0 bridgehead atoms. The Hall–Kier alpha value is -2.15. The van der Waals surface area contributed by atoms with Crippen LogP contribution < -0.4 is 10.6 Å². The topological polar surface area (TPSA) is 101 Å². The van der Waals surface area contributed by atoms with Gasteiger partial charge in [0, 0.05) is 31.1 Å². The molecule has 7 nitrogen and oxygen atoms in total. The van der Waals surface area contributed by atoms with E-state index < -0.39 is 10.8 Å². The van der Waals surface area contributed by atoms with Crippen molar-refractivity contribution in [1.29, 1.82) is 0 Å². The van der Waals surface area contributed by atoms with E-state index in [0.29, 0.717) is 6.54 Å². The minimum atomic E-state index is -0.623. The molecule has 114 valence electrons. The normalized spacial score (nSPS) is 10.0. The van der Waals surface area contributed by atoms with Gasteiger partial charge in [-0.25, -0.2) is 0 Å². The second-order valence-electron chi connectivity index (χ2n) is 4.28. The monoisotopic (exact) mass is 313 g/mol. The van der Waals surface area contributed by atoms with Gasteiger partial charge in [-0.2, -0.15) is 0 Å². The second-order valence-corrected chi connectivity index (χ2v) is 4.69. The summed E-state index contributed by atoms with van der Waals surface area (Å²) in [6, 6.07) is 3.72. The predicted molar refractivity (Wildman–Crippen MR) is 78.4 cm³/mol. The molecule has 0 spiro atoms. The second kappa shape index (κ2) is 8.21. The quantitative estimate of drug-likeness (QED) is 0.593. The number of hydrogen-bond donors (Lipinski definition) is 2. The fourth-order valence-electron chi connectivity index (χ4n) is 1.54. The van der Waals surface area contributed by atoms with E-state index in [-0.39, 0.29) is 35.1 Å². The molecule has 0 saturated carbocycles. The largest absolute Gasteiger partial charge is 0.356 e. The van der Waals surface area contributed by atoms with Crippen molar-refractivity contribution < 1.29 is 14.5 Å². The first kappa shape index (κ1) is 16.9. The lowest BCUT2D eigenvalue weighted by atomic mass is 10.2. The van der Waals surface area contributed by atoms with E-state index in [9.17, 15) is 19.7 Å². The number of nitro groups is 1. The Kier molecular flexibility index (Phi) is 6.61. The van der Waals surface area contributed by atoms with Crippen LogP contribution in [-0.2, 0) is 4.79 Å². The predicted octanol–water partition coefficient (Wildman–Crippen LogP) is 1.89. The van der Waals surface area contributed by atoms with Crippen molar-refractivity contribution in [2.45, 2.75) is 19.8 Å². The van der Waals surface area contributed by atoms with E-state index in [1.807, 2.05) is 6.92 Å². The van der Waals surface area contributed by atoms with Gasteiger partial charge in [-0.15, -0.1) is 0 Å². The highest BCUT2D eigenvalue weighted by Crippen LogP contribution is 2.24. The van der Waals surface area contributed by atoms with Crippen LogP contribution in [0, 0.1) is 10.1 Å². The number of hydrogen-bond acceptors (Lipinski definition) is 4. The minimum Gasteiger partial charge on any atom is -0.356 e. The molecule has 1 aromatic rings. The van der Waals surface area contributed by atoms with E-state index in [1.54, 1.807) is 0 Å². The third-order valence-corrected chi connectivity index (χ3v) is 2.92. The Morgan fingerprint density at radius 3 is 2.57 bits per heavy atom. The van der Waals surface area contributed by atoms with Crippen molar-refractivity contribution in [2.24, 2.45) is 0 Å². The lowest BCUT2D eigenvalue weighted by Crippen LogP contribution is -2.31. The lowest BCUT2D eigenvalue weighted by molar-refractivity contribution is -0.384. The third kappa shape index (κ3) is 5.39. The standard InChI is InChI=1S/C13H16ClN3O4/c1-2-6-15-12(18)5-7-16-13(19)9-3-4-11(17(20)21)10(14)8-9/h3-4,8H,2,5-7H2,1H3,(H,15,18)(H,16,19). The first-order chi connectivity index (χ1) is 9.95. The van der Waals surface area contributed by atoms with Crippen LogP contribution in [0.2, 0.25) is 5.02 Å². The molecule has 0 aliphatic heterocycles. The minimum absolute atomic E-state index is 0.103. The molecular weight excluding hydrogens is 298 g/mol. The first-order valence-electron chi connectivity index (χ1n) is 6.44. The number of nitro benzene ring substituents is 1. The maximum absolute atomic E-state index is 11.8. The summed E-state index contributed by atoms with van der Waals surface area (Å²) in [5.74, 6) is -0.575. The van der Waals surface area contributed by atoms with Crippen LogP contribution in [0.25, 0.3) is 0 Å². The average Bonchev–Trinajstić information content (AvgIpc) is 2.44. The van der Waals surface area contributed by atoms with E-state index >= 15 is 0 Å². The summed E-state index contributed by atoms with van der Waals surface area (Å²) in [5.41, 5.74) is -0.0493. The Bertz CT molecular complexity index is 548. The first-order valence-corrected chi connectivity index (χ1v) is 6.82. The van der Waals surface area contributed by atoms with E-state index in [1.165, 1.54) is 18.2 Å². The number of carbonyl (C=O) groups is 2. The number of halogens is 1. The molecule has 0 fully saturated rings. The fraction of sp³-hybridized carbons (Fsp3) is 0.385. The highest BCUT2D eigenvalue weighted by atomic mass is 35.5. The molecule has 1 rings (SSSR count). The van der Waals surface area contributed by atoms with Crippen LogP contribution in [0.1, 0.15) is 30.1 Å². The molecule has 1 aromatic carbocycles. The molecule has 21 heavy (non-hydrogen) atoms. The van der Waals surface area contributed by atoms with Gasteiger partial charge < -0.3 is 10.6 Å². The molecule has 0 aliphatic carbocycles. The fourth-order valence-corrected chi connectivity index (χ4v) is 1.79. The van der Waals surface area contributed by atoms with E-state index in [2.05, 4.69) is 10.6 Å². The van der Waals surface area contributed by atoms with Crippen molar-refractivity contribution in [2.75, 3.05) is 13.1 Å². The van der Waals surface area contributed by atoms with Crippen LogP contribution in [-0.4, -0.2) is 29.8 Å². The van der Waals surface area contributed by atoms with Gasteiger partial charge in [0.05, 0.1) is 4.92 Å². The van der Waals surface area contributed by atoms with Crippen LogP contribution in [0.15, 0.2) is 18.2 Å². The summed E-state index contributed by atoms with van der Waals surface area (Å²) in [7, 11) is 0. The van der Waals surface area contributed by atoms with E-state index in [0.717, 1.165) is 6.42 Å². The van der Waals surface area contributed by atoms with Crippen LogP contribution >= 0.6 is 11.6 Å². The maximum Gasteiger partial charge on any atom is 0.287 e. The Morgan fingerprint density at radius 2 is 2.00 bits per heavy atom. The van der Waals surface area contributed by atoms with Gasteiger partial charge in [0.2, 0.25) is 5.91 Å². The van der Waals surface area contributed by atoms with Crippen molar-refractivity contribution in [3.05, 3.63) is 38.9 Å². The molecule has 0 aliphatic rings. The summed E-state index contributed by atoms with van der Waals surface area (Å²) in [6.45, 7) is 2.73.